The van der Waals surface area contributed by atoms with Gasteiger partial charge in [0.25, 0.3) is 5.91 Å². The average molecular weight is 469 g/mol. The van der Waals surface area contributed by atoms with E-state index in [2.05, 4.69) is 25.1 Å². The van der Waals surface area contributed by atoms with Gasteiger partial charge < -0.3 is 14.8 Å². The van der Waals surface area contributed by atoms with E-state index in [0.717, 1.165) is 18.5 Å². The molecule has 0 fully saturated rings. The van der Waals surface area contributed by atoms with E-state index < -0.39 is 34.7 Å². The maximum atomic E-state index is 14.3. The third-order valence-electron chi connectivity index (χ3n) is 4.75. The Balaban J connectivity index is 1.48. The molecule has 1 N–H and O–H groups in total. The van der Waals surface area contributed by atoms with E-state index in [1.54, 1.807) is 22.9 Å². The number of anilines is 1. The Morgan fingerprint density at radius 1 is 1.00 bits per heavy atom. The lowest BCUT2D eigenvalue weighted by Gasteiger charge is -2.11. The van der Waals surface area contributed by atoms with Gasteiger partial charge in [0.2, 0.25) is 11.7 Å². The van der Waals surface area contributed by atoms with E-state index in [0.29, 0.717) is 17.6 Å². The molecule has 0 unspecified atom stereocenters. The number of hydrogen-bond acceptors (Lipinski definition) is 6. The van der Waals surface area contributed by atoms with E-state index in [1.165, 1.54) is 18.5 Å². The summed E-state index contributed by atoms with van der Waals surface area (Å²) in [6.07, 6.45) is 1.35. The molecule has 0 aliphatic carbocycles. The molecule has 2 heterocycles. The Hall–Kier alpha value is -4.41. The first kappa shape index (κ1) is 22.8. The Bertz CT molecular complexity index is 1370. The van der Waals surface area contributed by atoms with Gasteiger partial charge in [-0.05, 0) is 50.2 Å². The van der Waals surface area contributed by atoms with Crippen molar-refractivity contribution in [3.05, 3.63) is 83.2 Å². The lowest BCUT2D eigenvalue weighted by Crippen LogP contribution is -2.15. The van der Waals surface area contributed by atoms with Crippen molar-refractivity contribution in [3.8, 4) is 23.2 Å². The van der Waals surface area contributed by atoms with E-state index in [1.807, 2.05) is 19.9 Å². The smallest absolute Gasteiger partial charge is 0.258 e. The summed E-state index contributed by atoms with van der Waals surface area (Å²) in [6.45, 7) is 3.78. The van der Waals surface area contributed by atoms with Crippen LogP contribution in [0.2, 0.25) is 0 Å². The number of aryl methyl sites for hydroxylation is 2. The van der Waals surface area contributed by atoms with Crippen LogP contribution in [0.4, 0.5) is 18.9 Å². The first-order valence-corrected chi connectivity index (χ1v) is 9.93. The van der Waals surface area contributed by atoms with Gasteiger partial charge in [-0.2, -0.15) is 9.49 Å². The quantitative estimate of drug-likeness (QED) is 0.410. The first-order chi connectivity index (χ1) is 16.3. The Labute approximate surface area is 192 Å². The molecule has 0 bridgehead atoms. The second kappa shape index (κ2) is 9.22. The highest BCUT2D eigenvalue weighted by Crippen LogP contribution is 2.28. The number of ether oxygens (including phenoxy) is 2. The molecule has 0 radical (unpaired) electrons. The summed E-state index contributed by atoms with van der Waals surface area (Å²) in [5, 5.41) is 6.78. The van der Waals surface area contributed by atoms with E-state index in [4.69, 9.17) is 4.74 Å². The molecule has 11 heteroatoms. The maximum absolute atomic E-state index is 14.3. The van der Waals surface area contributed by atoms with Crippen molar-refractivity contribution in [2.75, 3.05) is 12.4 Å². The number of aromatic nitrogens is 4. The number of hydrogen-bond donors (Lipinski definition) is 1. The van der Waals surface area contributed by atoms with E-state index in [9.17, 15) is 18.0 Å². The van der Waals surface area contributed by atoms with Gasteiger partial charge in [-0.3, -0.25) is 4.79 Å². The van der Waals surface area contributed by atoms with Crippen LogP contribution < -0.4 is 14.8 Å². The molecular formula is C23H18F3N5O3. The van der Waals surface area contributed by atoms with Crippen molar-refractivity contribution < 1.29 is 27.4 Å². The van der Waals surface area contributed by atoms with Gasteiger partial charge in [-0.1, -0.05) is 0 Å². The number of amides is 1. The Kier molecular flexibility index (Phi) is 6.17. The molecule has 4 rings (SSSR count). The highest BCUT2D eigenvalue weighted by atomic mass is 19.2. The van der Waals surface area contributed by atoms with Crippen molar-refractivity contribution in [1.82, 2.24) is 19.7 Å². The minimum atomic E-state index is -1.51. The summed E-state index contributed by atoms with van der Waals surface area (Å²) in [5.41, 5.74) is 1.32. The SMILES string of the molecule is COc1c(F)c(F)cc(C(=O)Nc2ccc(Oc3cc(-n4nc(C)cc4C)ncn3)cc2)c1F. The summed E-state index contributed by atoms with van der Waals surface area (Å²) < 4.78 is 53.5. The van der Waals surface area contributed by atoms with Crippen LogP contribution in [0, 0.1) is 31.3 Å². The van der Waals surface area contributed by atoms with Crippen LogP contribution in [0.25, 0.3) is 5.82 Å². The number of nitrogens with one attached hydrogen (secondary N) is 1. The molecule has 4 aromatic rings. The summed E-state index contributed by atoms with van der Waals surface area (Å²) in [5.74, 6) is -4.97. The van der Waals surface area contributed by atoms with Crippen LogP contribution in [0.5, 0.6) is 17.4 Å². The van der Waals surface area contributed by atoms with Crippen LogP contribution in [0.3, 0.4) is 0 Å². The zero-order valence-corrected chi connectivity index (χ0v) is 18.3. The minimum absolute atomic E-state index is 0.269. The van der Waals surface area contributed by atoms with Gasteiger partial charge in [0.1, 0.15) is 12.1 Å². The molecule has 0 saturated carbocycles. The molecule has 1 amide bonds. The van der Waals surface area contributed by atoms with Crippen LogP contribution in [-0.4, -0.2) is 32.8 Å². The van der Waals surface area contributed by atoms with Gasteiger partial charge in [0.15, 0.2) is 23.2 Å². The topological polar surface area (TPSA) is 91.2 Å². The fourth-order valence-electron chi connectivity index (χ4n) is 3.21. The summed E-state index contributed by atoms with van der Waals surface area (Å²) in [6, 6.07) is 10.1. The van der Waals surface area contributed by atoms with Gasteiger partial charge >= 0.3 is 0 Å². The fourth-order valence-corrected chi connectivity index (χ4v) is 3.21. The third kappa shape index (κ3) is 4.53. The molecule has 0 aliphatic rings. The second-order valence-corrected chi connectivity index (χ2v) is 7.20. The number of methoxy groups -OCH3 is 1. The summed E-state index contributed by atoms with van der Waals surface area (Å²) >= 11 is 0. The van der Waals surface area contributed by atoms with Gasteiger partial charge in [-0.15, -0.1) is 0 Å². The van der Waals surface area contributed by atoms with Crippen LogP contribution >= 0.6 is 0 Å². The van der Waals surface area contributed by atoms with Crippen molar-refractivity contribution >= 4 is 11.6 Å². The monoisotopic (exact) mass is 469 g/mol. The van der Waals surface area contributed by atoms with E-state index >= 15 is 0 Å². The van der Waals surface area contributed by atoms with Crippen LogP contribution in [0.1, 0.15) is 21.7 Å². The van der Waals surface area contributed by atoms with Crippen molar-refractivity contribution in [1.29, 1.82) is 0 Å². The minimum Gasteiger partial charge on any atom is -0.491 e. The second-order valence-electron chi connectivity index (χ2n) is 7.20. The number of halogens is 3. The lowest BCUT2D eigenvalue weighted by molar-refractivity contribution is 0.102. The largest absolute Gasteiger partial charge is 0.491 e. The van der Waals surface area contributed by atoms with Crippen molar-refractivity contribution in [2.24, 2.45) is 0 Å². The van der Waals surface area contributed by atoms with Crippen LogP contribution in [-0.2, 0) is 0 Å². The highest BCUT2D eigenvalue weighted by Gasteiger charge is 2.23. The summed E-state index contributed by atoms with van der Waals surface area (Å²) in [7, 11) is 0.971. The number of rotatable bonds is 6. The summed E-state index contributed by atoms with van der Waals surface area (Å²) in [4.78, 5) is 20.7. The van der Waals surface area contributed by atoms with Gasteiger partial charge in [0, 0.05) is 17.4 Å². The van der Waals surface area contributed by atoms with Gasteiger partial charge in [0.05, 0.1) is 18.4 Å². The number of carbonyl (C=O) groups is 1. The third-order valence-corrected chi connectivity index (χ3v) is 4.75. The molecule has 0 saturated heterocycles. The van der Waals surface area contributed by atoms with Crippen molar-refractivity contribution in [2.45, 2.75) is 13.8 Å². The van der Waals surface area contributed by atoms with Crippen LogP contribution in [0.15, 0.2) is 48.8 Å². The molecule has 0 spiro atoms. The molecule has 2 aromatic heterocycles. The number of carbonyl (C=O) groups excluding carboxylic acids is 1. The normalized spacial score (nSPS) is 10.8. The molecule has 0 aliphatic heterocycles. The molecule has 8 nitrogen and oxygen atoms in total. The predicted octanol–water partition coefficient (Wildman–Crippen LogP) is 4.75. The average Bonchev–Trinajstić information content (AvgIpc) is 3.16. The molecular weight excluding hydrogens is 451 g/mol. The fraction of sp³-hybridized carbons (Fsp3) is 0.130. The zero-order valence-electron chi connectivity index (χ0n) is 18.3. The predicted molar refractivity (Wildman–Crippen MR) is 116 cm³/mol. The molecule has 34 heavy (non-hydrogen) atoms. The molecule has 174 valence electrons. The zero-order chi connectivity index (χ0) is 24.4. The Morgan fingerprint density at radius 2 is 1.74 bits per heavy atom. The van der Waals surface area contributed by atoms with Crippen molar-refractivity contribution in [3.63, 3.8) is 0 Å². The Morgan fingerprint density at radius 3 is 2.38 bits per heavy atom. The molecule has 0 atom stereocenters. The highest BCUT2D eigenvalue weighted by molar-refractivity contribution is 6.04. The maximum Gasteiger partial charge on any atom is 0.258 e. The first-order valence-electron chi connectivity index (χ1n) is 9.93. The van der Waals surface area contributed by atoms with Gasteiger partial charge in [-0.25, -0.2) is 23.4 Å². The standard InChI is InChI=1S/C23H18F3N5O3/c1-12-8-13(2)31(30-12)18-10-19(28-11-27-18)34-15-6-4-14(5-7-15)29-23(32)16-9-17(24)21(26)22(33-3)20(16)25/h4-11H,1-3H3,(H,29,32). The number of benzene rings is 2. The number of nitrogens with zero attached hydrogens (tertiary/aromatic N) is 4. The molecule has 2 aromatic carbocycles. The lowest BCUT2D eigenvalue weighted by atomic mass is 10.1. The van der Waals surface area contributed by atoms with E-state index in [-0.39, 0.29) is 11.6 Å².